The van der Waals surface area contributed by atoms with Gasteiger partial charge in [-0.2, -0.15) is 0 Å². The Morgan fingerprint density at radius 3 is 2.40 bits per heavy atom. The third-order valence-corrected chi connectivity index (χ3v) is 8.98. The van der Waals surface area contributed by atoms with Gasteiger partial charge in [0.2, 0.25) is 0 Å². The summed E-state index contributed by atoms with van der Waals surface area (Å²) in [5, 5.41) is 0. The van der Waals surface area contributed by atoms with Gasteiger partial charge in [0.05, 0.1) is 0 Å². The maximum Gasteiger partial charge on any atom is 0.136 e. The Balaban J connectivity index is 1.89. The van der Waals surface area contributed by atoms with E-state index >= 15 is 0 Å². The molecular weight excluding hydrogens is 364 g/mol. The molecule has 0 heterocycles. The van der Waals surface area contributed by atoms with Crippen LogP contribution in [0.4, 0.5) is 0 Å². The number of allylic oxidation sites excluding steroid dienone is 2. The summed E-state index contributed by atoms with van der Waals surface area (Å²) in [6.45, 7) is 14.5. The molecule has 1 saturated carbocycles. The van der Waals surface area contributed by atoms with E-state index in [-0.39, 0.29) is 0 Å². The van der Waals surface area contributed by atoms with Gasteiger partial charge in [0.25, 0.3) is 0 Å². The zero-order valence-corrected chi connectivity index (χ0v) is 21.2. The Labute approximate surface area is 188 Å². The van der Waals surface area contributed by atoms with Crippen molar-refractivity contribution in [2.45, 2.75) is 125 Å². The summed E-state index contributed by atoms with van der Waals surface area (Å²) in [7, 11) is 0. The molecule has 0 aromatic heterocycles. The van der Waals surface area contributed by atoms with Crippen LogP contribution in [0.3, 0.4) is 0 Å². The number of carbonyl (C=O) groups excluding carboxylic acids is 1. The van der Waals surface area contributed by atoms with Crippen molar-refractivity contribution < 1.29 is 4.79 Å². The average molecular weight is 417 g/mol. The van der Waals surface area contributed by atoms with Crippen LogP contribution in [-0.2, 0) is 4.79 Å². The zero-order chi connectivity index (χ0) is 22.1. The molecule has 0 radical (unpaired) electrons. The van der Waals surface area contributed by atoms with Crippen molar-refractivity contribution >= 4 is 5.78 Å². The van der Waals surface area contributed by atoms with Crippen LogP contribution in [0.1, 0.15) is 125 Å². The lowest BCUT2D eigenvalue weighted by atomic mass is 9.64. The monoisotopic (exact) mass is 416 g/mol. The summed E-state index contributed by atoms with van der Waals surface area (Å²) in [6, 6.07) is 0. The van der Waals surface area contributed by atoms with Gasteiger partial charge in [0.15, 0.2) is 0 Å². The molecule has 0 spiro atoms. The smallest absolute Gasteiger partial charge is 0.136 e. The molecule has 2 aliphatic carbocycles. The van der Waals surface area contributed by atoms with E-state index in [2.05, 4.69) is 47.6 Å². The molecule has 6 unspecified atom stereocenters. The Morgan fingerprint density at radius 2 is 1.77 bits per heavy atom. The molecule has 0 aliphatic heterocycles. The number of fused-ring (bicyclic) bond motifs is 1. The van der Waals surface area contributed by atoms with Gasteiger partial charge in [-0.15, -0.1) is 0 Å². The number of Topliss-reactive ketones (excluding diaryl/α,β-unsaturated/α-hetero) is 1. The van der Waals surface area contributed by atoms with E-state index < -0.39 is 0 Å². The Kier molecular flexibility index (Phi) is 11.2. The molecule has 0 aromatic rings. The van der Waals surface area contributed by atoms with Crippen molar-refractivity contribution in [1.82, 2.24) is 0 Å². The highest BCUT2D eigenvalue weighted by atomic mass is 16.1. The van der Waals surface area contributed by atoms with Crippen molar-refractivity contribution in [1.29, 1.82) is 0 Å². The molecule has 30 heavy (non-hydrogen) atoms. The topological polar surface area (TPSA) is 17.1 Å². The van der Waals surface area contributed by atoms with Crippen LogP contribution in [0.15, 0.2) is 11.6 Å². The molecule has 2 rings (SSSR count). The molecule has 6 atom stereocenters. The predicted molar refractivity (Wildman–Crippen MR) is 132 cm³/mol. The number of rotatable bonds is 13. The standard InChI is InChI=1S/C29H52O/c1-7-11-25(22(6)14-15-23(8-2)21(4)5)12-10-13-28-24(9-3)16-17-26-20-27(30)18-19-29(26)28/h17,21-25,28-29H,7-16,18-20H2,1-6H3. The normalized spacial score (nSPS) is 27.5. The third-order valence-electron chi connectivity index (χ3n) is 8.98. The first kappa shape index (κ1) is 25.7. The van der Waals surface area contributed by atoms with Gasteiger partial charge in [0.1, 0.15) is 5.78 Å². The van der Waals surface area contributed by atoms with Gasteiger partial charge in [-0.25, -0.2) is 0 Å². The number of hydrogen-bond donors (Lipinski definition) is 0. The Hall–Kier alpha value is -0.590. The van der Waals surface area contributed by atoms with Crippen molar-refractivity contribution in [3.8, 4) is 0 Å². The highest BCUT2D eigenvalue weighted by molar-refractivity contribution is 5.82. The van der Waals surface area contributed by atoms with E-state index in [9.17, 15) is 4.79 Å². The maximum absolute atomic E-state index is 12.0. The van der Waals surface area contributed by atoms with Crippen molar-refractivity contribution in [3.05, 3.63) is 11.6 Å². The summed E-state index contributed by atoms with van der Waals surface area (Å²) < 4.78 is 0. The van der Waals surface area contributed by atoms with Crippen molar-refractivity contribution in [3.63, 3.8) is 0 Å². The van der Waals surface area contributed by atoms with E-state index in [1.54, 1.807) is 0 Å². The first-order chi connectivity index (χ1) is 14.4. The lowest BCUT2D eigenvalue weighted by molar-refractivity contribution is -0.120. The molecule has 0 amide bonds. The first-order valence-electron chi connectivity index (χ1n) is 13.6. The van der Waals surface area contributed by atoms with Gasteiger partial charge in [-0.1, -0.05) is 98.1 Å². The first-order valence-corrected chi connectivity index (χ1v) is 13.6. The van der Waals surface area contributed by atoms with E-state index in [1.807, 2.05) is 0 Å². The summed E-state index contributed by atoms with van der Waals surface area (Å²) >= 11 is 0. The van der Waals surface area contributed by atoms with Gasteiger partial charge < -0.3 is 0 Å². The maximum atomic E-state index is 12.0. The van der Waals surface area contributed by atoms with Crippen LogP contribution in [0.5, 0.6) is 0 Å². The predicted octanol–water partition coefficient (Wildman–Crippen LogP) is 9.01. The van der Waals surface area contributed by atoms with E-state index in [4.69, 9.17) is 0 Å². The SMILES string of the molecule is CCCC(CCCC1C(CC)CC=C2CC(=O)CCC21)C(C)CCC(CC)C(C)C. The fourth-order valence-electron chi connectivity index (χ4n) is 6.80. The van der Waals surface area contributed by atoms with E-state index in [1.165, 1.54) is 69.8 Å². The van der Waals surface area contributed by atoms with Gasteiger partial charge in [-0.05, 0) is 67.1 Å². The molecule has 1 fully saturated rings. The van der Waals surface area contributed by atoms with Crippen LogP contribution >= 0.6 is 0 Å². The summed E-state index contributed by atoms with van der Waals surface area (Å²) in [4.78, 5) is 12.0. The molecule has 1 nitrogen and oxygen atoms in total. The van der Waals surface area contributed by atoms with Crippen molar-refractivity contribution in [2.24, 2.45) is 41.4 Å². The second-order valence-corrected chi connectivity index (χ2v) is 11.2. The van der Waals surface area contributed by atoms with E-state index in [0.717, 1.165) is 60.7 Å². The summed E-state index contributed by atoms with van der Waals surface area (Å²) in [5.74, 6) is 6.40. The Morgan fingerprint density at radius 1 is 1.00 bits per heavy atom. The Bertz CT molecular complexity index is 530. The molecule has 174 valence electrons. The molecule has 0 saturated heterocycles. The molecule has 0 bridgehead atoms. The number of hydrogen-bond acceptors (Lipinski definition) is 1. The second kappa shape index (κ2) is 13.1. The lowest BCUT2D eigenvalue weighted by Gasteiger charge is -2.41. The van der Waals surface area contributed by atoms with Crippen LogP contribution in [0, 0.1) is 41.4 Å². The van der Waals surface area contributed by atoms with Crippen molar-refractivity contribution in [2.75, 3.05) is 0 Å². The highest BCUT2D eigenvalue weighted by Gasteiger charge is 2.36. The molecular formula is C29H52O. The third kappa shape index (κ3) is 7.23. The summed E-state index contributed by atoms with van der Waals surface area (Å²) in [6.07, 6.45) is 18.8. The van der Waals surface area contributed by atoms with Gasteiger partial charge in [0, 0.05) is 12.8 Å². The second-order valence-electron chi connectivity index (χ2n) is 11.2. The van der Waals surface area contributed by atoms with Gasteiger partial charge >= 0.3 is 0 Å². The number of carbonyl (C=O) groups is 1. The summed E-state index contributed by atoms with van der Waals surface area (Å²) in [5.41, 5.74) is 1.51. The fraction of sp³-hybridized carbons (Fsp3) is 0.897. The van der Waals surface area contributed by atoms with Crippen LogP contribution in [0.2, 0.25) is 0 Å². The fourth-order valence-corrected chi connectivity index (χ4v) is 6.80. The van der Waals surface area contributed by atoms with Crippen LogP contribution < -0.4 is 0 Å². The lowest BCUT2D eigenvalue weighted by Crippen LogP contribution is -2.32. The average Bonchev–Trinajstić information content (AvgIpc) is 2.72. The number of ketones is 1. The van der Waals surface area contributed by atoms with Crippen LogP contribution in [0.25, 0.3) is 0 Å². The highest BCUT2D eigenvalue weighted by Crippen LogP contribution is 2.45. The molecule has 0 aromatic carbocycles. The van der Waals surface area contributed by atoms with Crippen LogP contribution in [-0.4, -0.2) is 5.78 Å². The minimum absolute atomic E-state index is 0.481. The molecule has 0 N–H and O–H groups in total. The van der Waals surface area contributed by atoms with E-state index in [0.29, 0.717) is 5.78 Å². The van der Waals surface area contributed by atoms with Gasteiger partial charge in [-0.3, -0.25) is 4.79 Å². The molecule has 1 heteroatoms. The zero-order valence-electron chi connectivity index (χ0n) is 21.2. The minimum atomic E-state index is 0.481. The molecule has 2 aliphatic rings. The quantitative estimate of drug-likeness (QED) is 0.274. The largest absolute Gasteiger partial charge is 0.299 e. The minimum Gasteiger partial charge on any atom is -0.299 e.